The molecule has 2 rings (SSSR count). The van der Waals surface area contributed by atoms with Gasteiger partial charge in [0, 0.05) is 32.6 Å². The summed E-state index contributed by atoms with van der Waals surface area (Å²) in [5.74, 6) is 0.308. The average Bonchev–Trinajstić information content (AvgIpc) is 2.74. The van der Waals surface area contributed by atoms with Gasteiger partial charge in [-0.2, -0.15) is 13.2 Å². The number of rotatable bonds is 10. The highest BCUT2D eigenvalue weighted by Gasteiger charge is 2.29. The maximum atomic E-state index is 12.5. The summed E-state index contributed by atoms with van der Waals surface area (Å²) in [4.78, 5) is 16.6. The van der Waals surface area contributed by atoms with Gasteiger partial charge in [-0.1, -0.05) is 25.3 Å². The minimum Gasteiger partial charge on any atom is -0.493 e. The van der Waals surface area contributed by atoms with E-state index in [0.717, 1.165) is 12.1 Å². The third-order valence-electron chi connectivity index (χ3n) is 5.66. The largest absolute Gasteiger partial charge is 0.493 e. The van der Waals surface area contributed by atoms with Crippen molar-refractivity contribution in [2.75, 3.05) is 40.9 Å². The van der Waals surface area contributed by atoms with Crippen molar-refractivity contribution in [3.05, 3.63) is 23.8 Å². The minimum absolute atomic E-state index is 0.0350. The molecule has 0 saturated heterocycles. The van der Waals surface area contributed by atoms with Gasteiger partial charge in [-0.25, -0.2) is 0 Å². The van der Waals surface area contributed by atoms with Crippen LogP contribution in [0, 0.1) is 0 Å². The molecular formula is C22H33F3N2O3. The highest BCUT2D eigenvalue weighted by atomic mass is 19.4. The van der Waals surface area contributed by atoms with Gasteiger partial charge in [0.2, 0.25) is 5.91 Å². The topological polar surface area (TPSA) is 42.0 Å². The normalized spacial score (nSPS) is 15.3. The molecule has 1 aliphatic carbocycles. The first-order chi connectivity index (χ1) is 14.2. The molecular weight excluding hydrogens is 397 g/mol. The predicted octanol–water partition coefficient (Wildman–Crippen LogP) is 4.29. The molecule has 5 nitrogen and oxygen atoms in total. The van der Waals surface area contributed by atoms with Crippen LogP contribution >= 0.6 is 0 Å². The standard InChI is InChI=1S/C22H33F3N2O3/c1-26(18-7-5-4-6-8-18)13-14-27(2)21(28)12-10-17-9-11-19(20(15-17)29-3)30-16-22(23,24)25/h9,11,15,18H,4-8,10,12-14,16H2,1-3H3. The Kier molecular flexibility index (Phi) is 9.27. The lowest BCUT2D eigenvalue weighted by molar-refractivity contribution is -0.153. The summed E-state index contributed by atoms with van der Waals surface area (Å²) < 4.78 is 47.0. The summed E-state index contributed by atoms with van der Waals surface area (Å²) in [6, 6.07) is 5.36. The van der Waals surface area contributed by atoms with Gasteiger partial charge in [-0.05, 0) is 44.0 Å². The van der Waals surface area contributed by atoms with E-state index in [2.05, 4.69) is 11.9 Å². The third-order valence-corrected chi connectivity index (χ3v) is 5.66. The van der Waals surface area contributed by atoms with Crippen LogP contribution in [0.3, 0.4) is 0 Å². The molecule has 0 heterocycles. The molecule has 1 amide bonds. The number of halogens is 3. The zero-order chi connectivity index (χ0) is 22.1. The SMILES string of the molecule is COc1cc(CCC(=O)N(C)CCN(C)C2CCCCC2)ccc1OCC(F)(F)F. The zero-order valence-corrected chi connectivity index (χ0v) is 18.1. The van der Waals surface area contributed by atoms with Crippen molar-refractivity contribution in [3.8, 4) is 11.5 Å². The number of aryl methyl sites for hydroxylation is 1. The van der Waals surface area contributed by atoms with E-state index < -0.39 is 12.8 Å². The smallest absolute Gasteiger partial charge is 0.422 e. The molecule has 0 radical (unpaired) electrons. The second-order valence-electron chi connectivity index (χ2n) is 7.98. The van der Waals surface area contributed by atoms with Crippen LogP contribution in [0.4, 0.5) is 13.2 Å². The summed E-state index contributed by atoms with van der Waals surface area (Å²) in [6.07, 6.45) is 2.76. The number of nitrogens with zero attached hydrogens (tertiary/aromatic N) is 2. The van der Waals surface area contributed by atoms with Crippen LogP contribution in [-0.2, 0) is 11.2 Å². The van der Waals surface area contributed by atoms with E-state index in [0.29, 0.717) is 25.4 Å². The van der Waals surface area contributed by atoms with Crippen LogP contribution in [0.5, 0.6) is 11.5 Å². The fraction of sp³-hybridized carbons (Fsp3) is 0.682. The maximum Gasteiger partial charge on any atom is 0.422 e. The lowest BCUT2D eigenvalue weighted by Crippen LogP contribution is -2.40. The van der Waals surface area contributed by atoms with Gasteiger partial charge in [0.25, 0.3) is 0 Å². The fourth-order valence-electron chi connectivity index (χ4n) is 3.73. The Bertz CT molecular complexity index is 676. The molecule has 1 saturated carbocycles. The zero-order valence-electron chi connectivity index (χ0n) is 18.1. The van der Waals surface area contributed by atoms with Crippen LogP contribution < -0.4 is 9.47 Å². The molecule has 1 aromatic rings. The van der Waals surface area contributed by atoms with E-state index in [4.69, 9.17) is 9.47 Å². The van der Waals surface area contributed by atoms with Crippen molar-refractivity contribution < 1.29 is 27.4 Å². The maximum absolute atomic E-state index is 12.5. The van der Waals surface area contributed by atoms with Crippen LogP contribution in [0.15, 0.2) is 18.2 Å². The molecule has 0 atom stereocenters. The van der Waals surface area contributed by atoms with Gasteiger partial charge in [0.15, 0.2) is 18.1 Å². The van der Waals surface area contributed by atoms with E-state index in [1.807, 2.05) is 7.05 Å². The first-order valence-corrected chi connectivity index (χ1v) is 10.5. The molecule has 1 fully saturated rings. The third kappa shape index (κ3) is 8.05. The van der Waals surface area contributed by atoms with Crippen molar-refractivity contribution >= 4 is 5.91 Å². The van der Waals surface area contributed by atoms with Crippen molar-refractivity contribution in [2.45, 2.75) is 57.2 Å². The molecule has 170 valence electrons. The molecule has 0 bridgehead atoms. The van der Waals surface area contributed by atoms with E-state index >= 15 is 0 Å². The Labute approximate surface area is 177 Å². The number of methoxy groups -OCH3 is 1. The van der Waals surface area contributed by atoms with Crippen molar-refractivity contribution in [1.82, 2.24) is 9.80 Å². The Balaban J connectivity index is 1.79. The minimum atomic E-state index is -4.41. The number of alkyl halides is 3. The number of carbonyl (C=O) groups is 1. The number of hydrogen-bond donors (Lipinski definition) is 0. The van der Waals surface area contributed by atoms with E-state index in [1.165, 1.54) is 45.3 Å². The van der Waals surface area contributed by atoms with Gasteiger partial charge in [0.05, 0.1) is 7.11 Å². The molecule has 0 N–H and O–H groups in total. The summed E-state index contributed by atoms with van der Waals surface area (Å²) in [7, 11) is 5.32. The number of likely N-dealkylation sites (N-methyl/N-ethyl adjacent to an activating group) is 2. The highest BCUT2D eigenvalue weighted by molar-refractivity contribution is 5.76. The van der Waals surface area contributed by atoms with Gasteiger partial charge < -0.3 is 19.3 Å². The Morgan fingerprint density at radius 3 is 2.43 bits per heavy atom. The lowest BCUT2D eigenvalue weighted by atomic mass is 9.94. The number of hydrogen-bond acceptors (Lipinski definition) is 4. The summed E-state index contributed by atoms with van der Waals surface area (Å²) in [5, 5.41) is 0. The van der Waals surface area contributed by atoms with E-state index in [9.17, 15) is 18.0 Å². The monoisotopic (exact) mass is 430 g/mol. The van der Waals surface area contributed by atoms with Crippen LogP contribution in [-0.4, -0.2) is 68.8 Å². The number of ether oxygens (including phenoxy) is 2. The van der Waals surface area contributed by atoms with E-state index in [-0.39, 0.29) is 17.4 Å². The van der Waals surface area contributed by atoms with Crippen LogP contribution in [0.25, 0.3) is 0 Å². The first-order valence-electron chi connectivity index (χ1n) is 10.5. The quantitative estimate of drug-likeness (QED) is 0.555. The molecule has 1 aliphatic rings. The summed E-state index contributed by atoms with van der Waals surface area (Å²) >= 11 is 0. The number of benzene rings is 1. The van der Waals surface area contributed by atoms with Crippen molar-refractivity contribution in [3.63, 3.8) is 0 Å². The molecule has 0 unspecified atom stereocenters. The molecule has 0 aromatic heterocycles. The molecule has 30 heavy (non-hydrogen) atoms. The van der Waals surface area contributed by atoms with E-state index in [1.54, 1.807) is 17.0 Å². The Morgan fingerprint density at radius 2 is 1.80 bits per heavy atom. The fourth-order valence-corrected chi connectivity index (χ4v) is 3.73. The average molecular weight is 431 g/mol. The molecule has 0 aliphatic heterocycles. The lowest BCUT2D eigenvalue weighted by Gasteiger charge is -2.32. The second-order valence-corrected chi connectivity index (χ2v) is 7.98. The summed E-state index contributed by atoms with van der Waals surface area (Å²) in [6.45, 7) is 0.159. The Hall–Kier alpha value is -1.96. The van der Waals surface area contributed by atoms with Crippen LogP contribution in [0.2, 0.25) is 0 Å². The summed E-state index contributed by atoms with van der Waals surface area (Å²) in [5.41, 5.74) is 0.812. The number of amides is 1. The Morgan fingerprint density at radius 1 is 1.10 bits per heavy atom. The van der Waals surface area contributed by atoms with Crippen molar-refractivity contribution in [2.24, 2.45) is 0 Å². The van der Waals surface area contributed by atoms with Crippen LogP contribution in [0.1, 0.15) is 44.1 Å². The van der Waals surface area contributed by atoms with Gasteiger partial charge in [-0.15, -0.1) is 0 Å². The van der Waals surface area contributed by atoms with Gasteiger partial charge in [-0.3, -0.25) is 4.79 Å². The first kappa shape index (κ1) is 24.3. The van der Waals surface area contributed by atoms with Crippen molar-refractivity contribution in [1.29, 1.82) is 0 Å². The number of carbonyl (C=O) groups excluding carboxylic acids is 1. The van der Waals surface area contributed by atoms with Gasteiger partial charge in [0.1, 0.15) is 0 Å². The molecule has 0 spiro atoms. The molecule has 1 aromatic carbocycles. The molecule has 8 heteroatoms. The second kappa shape index (κ2) is 11.4. The predicted molar refractivity (Wildman–Crippen MR) is 110 cm³/mol. The highest BCUT2D eigenvalue weighted by Crippen LogP contribution is 2.30. The van der Waals surface area contributed by atoms with Gasteiger partial charge >= 0.3 is 6.18 Å².